The Labute approximate surface area is 156 Å². The lowest BCUT2D eigenvalue weighted by Gasteiger charge is -2.18. The molecule has 0 saturated heterocycles. The highest BCUT2D eigenvalue weighted by molar-refractivity contribution is 5.81. The van der Waals surface area contributed by atoms with Gasteiger partial charge in [0.15, 0.2) is 0 Å². The Bertz CT molecular complexity index is 735. The van der Waals surface area contributed by atoms with E-state index in [1.807, 2.05) is 36.4 Å². The molecule has 0 aliphatic carbocycles. The van der Waals surface area contributed by atoms with Gasteiger partial charge in [-0.15, -0.1) is 0 Å². The lowest BCUT2D eigenvalue weighted by atomic mass is 9.97. The van der Waals surface area contributed by atoms with Crippen molar-refractivity contribution in [2.24, 2.45) is 0 Å². The third kappa shape index (κ3) is 6.37. The number of alkyl halides is 3. The van der Waals surface area contributed by atoms with Crippen LogP contribution < -0.4 is 5.32 Å². The predicted octanol–water partition coefficient (Wildman–Crippen LogP) is 3.72. The number of methoxy groups -OCH3 is 1. The molecule has 7 heteroatoms. The molecule has 0 aromatic heterocycles. The van der Waals surface area contributed by atoms with E-state index in [0.717, 1.165) is 11.1 Å². The van der Waals surface area contributed by atoms with E-state index >= 15 is 0 Å². The van der Waals surface area contributed by atoms with Crippen LogP contribution in [0.2, 0.25) is 0 Å². The fourth-order valence-corrected chi connectivity index (χ4v) is 2.72. The van der Waals surface area contributed by atoms with Gasteiger partial charge in [0.05, 0.1) is 12.2 Å². The fraction of sp³-hybridized carbons (Fsp3) is 0.350. The summed E-state index contributed by atoms with van der Waals surface area (Å²) in [5.74, 6) is -2.01. The van der Waals surface area contributed by atoms with Crippen molar-refractivity contribution in [1.82, 2.24) is 5.32 Å². The Hall–Kier alpha value is -2.38. The molecule has 1 amide bonds. The van der Waals surface area contributed by atoms with Crippen LogP contribution in [0, 0.1) is 0 Å². The number of nitrogens with one attached hydrogen (secondary N) is 1. The van der Waals surface area contributed by atoms with E-state index in [2.05, 4.69) is 0 Å². The largest absolute Gasteiger partial charge is 0.471 e. The summed E-state index contributed by atoms with van der Waals surface area (Å²) in [5, 5.41) is 12.0. The van der Waals surface area contributed by atoms with Gasteiger partial charge in [-0.1, -0.05) is 54.6 Å². The van der Waals surface area contributed by atoms with Gasteiger partial charge in [-0.2, -0.15) is 13.2 Å². The maximum absolute atomic E-state index is 12.2. The first-order chi connectivity index (χ1) is 12.8. The van der Waals surface area contributed by atoms with Gasteiger partial charge in [-0.05, 0) is 23.1 Å². The van der Waals surface area contributed by atoms with Gasteiger partial charge in [-0.25, -0.2) is 0 Å². The lowest BCUT2D eigenvalue weighted by molar-refractivity contribution is -0.173. The van der Waals surface area contributed by atoms with Crippen molar-refractivity contribution >= 4 is 5.91 Å². The van der Waals surface area contributed by atoms with Gasteiger partial charge in [-0.3, -0.25) is 4.79 Å². The molecule has 4 nitrogen and oxygen atoms in total. The second kappa shape index (κ2) is 9.53. The zero-order valence-corrected chi connectivity index (χ0v) is 14.9. The molecule has 0 heterocycles. The van der Waals surface area contributed by atoms with Crippen LogP contribution >= 0.6 is 0 Å². The maximum Gasteiger partial charge on any atom is 0.471 e. The highest BCUT2D eigenvalue weighted by Crippen LogP contribution is 2.25. The molecule has 0 saturated carbocycles. The summed E-state index contributed by atoms with van der Waals surface area (Å²) < 4.78 is 42.1. The van der Waals surface area contributed by atoms with Crippen molar-refractivity contribution in [2.45, 2.75) is 31.2 Å². The van der Waals surface area contributed by atoms with Crippen LogP contribution in [0.3, 0.4) is 0 Å². The Kier molecular flexibility index (Phi) is 7.38. The van der Waals surface area contributed by atoms with Crippen LogP contribution in [0.4, 0.5) is 13.2 Å². The summed E-state index contributed by atoms with van der Waals surface area (Å²) >= 11 is 0. The van der Waals surface area contributed by atoms with Gasteiger partial charge < -0.3 is 15.2 Å². The van der Waals surface area contributed by atoms with E-state index in [9.17, 15) is 23.1 Å². The first-order valence-electron chi connectivity index (χ1n) is 8.51. The van der Waals surface area contributed by atoms with Crippen LogP contribution in [-0.4, -0.2) is 30.8 Å². The third-order valence-corrected chi connectivity index (χ3v) is 4.18. The molecule has 2 atom stereocenters. The average Bonchev–Trinajstić information content (AvgIpc) is 2.66. The topological polar surface area (TPSA) is 58.6 Å². The first kappa shape index (κ1) is 20.9. The minimum Gasteiger partial charge on any atom is -0.388 e. The van der Waals surface area contributed by atoms with E-state index in [1.165, 1.54) is 0 Å². The standard InChI is InChI=1S/C20H22F3NO3/c1-27-18(12-14-6-3-2-4-7-14)16-9-5-8-15(13-16)17(25)10-11-24-19(26)20(21,22)23/h2-9,13,17-18,25H,10-12H2,1H3,(H,24,26). The zero-order valence-electron chi connectivity index (χ0n) is 14.9. The molecule has 0 bridgehead atoms. The van der Waals surface area contributed by atoms with Crippen molar-refractivity contribution in [2.75, 3.05) is 13.7 Å². The molecular formula is C20H22F3NO3. The van der Waals surface area contributed by atoms with Crippen molar-refractivity contribution in [3.8, 4) is 0 Å². The molecule has 146 valence electrons. The summed E-state index contributed by atoms with van der Waals surface area (Å²) in [7, 11) is 1.60. The van der Waals surface area contributed by atoms with Crippen LogP contribution in [-0.2, 0) is 16.0 Å². The van der Waals surface area contributed by atoms with Gasteiger partial charge >= 0.3 is 12.1 Å². The van der Waals surface area contributed by atoms with Crippen molar-refractivity contribution < 1.29 is 27.8 Å². The van der Waals surface area contributed by atoms with Crippen LogP contribution in [0.5, 0.6) is 0 Å². The summed E-state index contributed by atoms with van der Waals surface area (Å²) in [6.07, 6.45) is -5.51. The molecule has 2 rings (SSSR count). The highest BCUT2D eigenvalue weighted by Gasteiger charge is 2.38. The number of carbonyl (C=O) groups excluding carboxylic acids is 1. The Morgan fingerprint density at radius 2 is 1.78 bits per heavy atom. The number of aliphatic hydroxyl groups is 1. The van der Waals surface area contributed by atoms with E-state index in [-0.39, 0.29) is 19.1 Å². The zero-order chi connectivity index (χ0) is 19.9. The number of hydrogen-bond acceptors (Lipinski definition) is 3. The second-order valence-electron chi connectivity index (χ2n) is 6.14. The number of benzene rings is 2. The number of carbonyl (C=O) groups is 1. The number of hydrogen-bond donors (Lipinski definition) is 2. The molecule has 0 spiro atoms. The summed E-state index contributed by atoms with van der Waals surface area (Å²) in [5.41, 5.74) is 2.52. The molecule has 2 N–H and O–H groups in total. The minimum absolute atomic E-state index is 0.0262. The minimum atomic E-state index is -4.92. The van der Waals surface area contributed by atoms with Crippen LogP contribution in [0.15, 0.2) is 54.6 Å². The Morgan fingerprint density at radius 3 is 2.41 bits per heavy atom. The van der Waals surface area contributed by atoms with Crippen molar-refractivity contribution in [3.63, 3.8) is 0 Å². The second-order valence-corrected chi connectivity index (χ2v) is 6.14. The summed E-state index contributed by atoms with van der Waals surface area (Å²) in [6, 6.07) is 16.9. The molecule has 0 radical (unpaired) electrons. The number of halogens is 3. The smallest absolute Gasteiger partial charge is 0.388 e. The monoisotopic (exact) mass is 381 g/mol. The molecule has 2 unspecified atom stereocenters. The molecule has 2 aromatic carbocycles. The van der Waals surface area contributed by atoms with Crippen molar-refractivity contribution in [3.05, 3.63) is 71.3 Å². The molecule has 0 aliphatic heterocycles. The van der Waals surface area contributed by atoms with Crippen LogP contribution in [0.1, 0.15) is 35.3 Å². The SMILES string of the molecule is COC(Cc1ccccc1)c1cccc(C(O)CCNC(=O)C(F)(F)F)c1. The van der Waals surface area contributed by atoms with E-state index in [0.29, 0.717) is 12.0 Å². The van der Waals surface area contributed by atoms with Crippen LogP contribution in [0.25, 0.3) is 0 Å². The quantitative estimate of drug-likeness (QED) is 0.733. The molecular weight excluding hydrogens is 359 g/mol. The normalized spacial score (nSPS) is 13.8. The Balaban J connectivity index is 1.99. The molecule has 2 aromatic rings. The summed E-state index contributed by atoms with van der Waals surface area (Å²) in [4.78, 5) is 10.8. The van der Waals surface area contributed by atoms with E-state index < -0.39 is 18.2 Å². The van der Waals surface area contributed by atoms with Gasteiger partial charge in [0.2, 0.25) is 0 Å². The maximum atomic E-state index is 12.2. The Morgan fingerprint density at radius 1 is 1.11 bits per heavy atom. The van der Waals surface area contributed by atoms with Gasteiger partial charge in [0, 0.05) is 20.1 Å². The molecule has 0 aliphatic rings. The van der Waals surface area contributed by atoms with Crippen molar-refractivity contribution in [1.29, 1.82) is 0 Å². The molecule has 0 fully saturated rings. The first-order valence-corrected chi connectivity index (χ1v) is 8.51. The van der Waals surface area contributed by atoms with Gasteiger partial charge in [0.25, 0.3) is 0 Å². The number of ether oxygens (including phenoxy) is 1. The molecule has 27 heavy (non-hydrogen) atoms. The fourth-order valence-electron chi connectivity index (χ4n) is 2.72. The summed E-state index contributed by atoms with van der Waals surface area (Å²) in [6.45, 7) is -0.276. The average molecular weight is 381 g/mol. The van der Waals surface area contributed by atoms with E-state index in [4.69, 9.17) is 4.74 Å². The van der Waals surface area contributed by atoms with Gasteiger partial charge in [0.1, 0.15) is 0 Å². The number of aliphatic hydroxyl groups excluding tert-OH is 1. The highest BCUT2D eigenvalue weighted by atomic mass is 19.4. The number of amides is 1. The number of rotatable bonds is 8. The lowest BCUT2D eigenvalue weighted by Crippen LogP contribution is -2.37. The predicted molar refractivity (Wildman–Crippen MR) is 95.0 cm³/mol. The van der Waals surface area contributed by atoms with E-state index in [1.54, 1.807) is 30.6 Å². The third-order valence-electron chi connectivity index (χ3n) is 4.18.